The lowest BCUT2D eigenvalue weighted by Gasteiger charge is -2.48. The fourth-order valence-electron chi connectivity index (χ4n) is 4.03. The van der Waals surface area contributed by atoms with Crippen LogP contribution < -0.4 is 0 Å². The summed E-state index contributed by atoms with van der Waals surface area (Å²) >= 11 is 0. The standard InChI is InChI=1S/C16H26O3/c1-5-12-8-15(4)9-19-10-16(6-2,14(15)18)7-11(3)13(12)17/h11-12H,5-10H2,1-4H3. The second kappa shape index (κ2) is 5.01. The molecule has 2 fully saturated rings. The average molecular weight is 266 g/mol. The molecular weight excluding hydrogens is 240 g/mol. The molecule has 2 aliphatic rings. The van der Waals surface area contributed by atoms with E-state index in [1.807, 2.05) is 27.7 Å². The van der Waals surface area contributed by atoms with Crippen LogP contribution in [0.15, 0.2) is 0 Å². The van der Waals surface area contributed by atoms with Crippen molar-refractivity contribution in [1.82, 2.24) is 0 Å². The van der Waals surface area contributed by atoms with Crippen molar-refractivity contribution in [3.8, 4) is 0 Å². The van der Waals surface area contributed by atoms with Gasteiger partial charge in [-0.15, -0.1) is 0 Å². The molecule has 2 bridgehead atoms. The summed E-state index contributed by atoms with van der Waals surface area (Å²) in [6.07, 6.45) is 2.92. The van der Waals surface area contributed by atoms with Crippen molar-refractivity contribution in [3.63, 3.8) is 0 Å². The Morgan fingerprint density at radius 3 is 2.47 bits per heavy atom. The van der Waals surface area contributed by atoms with Gasteiger partial charge in [0.2, 0.25) is 0 Å². The van der Waals surface area contributed by atoms with Crippen LogP contribution in [-0.2, 0) is 14.3 Å². The van der Waals surface area contributed by atoms with Gasteiger partial charge in [0, 0.05) is 11.8 Å². The molecule has 1 saturated heterocycles. The lowest BCUT2D eigenvalue weighted by Crippen LogP contribution is -2.55. The summed E-state index contributed by atoms with van der Waals surface area (Å²) in [7, 11) is 0. The van der Waals surface area contributed by atoms with Crippen LogP contribution in [0.4, 0.5) is 0 Å². The Morgan fingerprint density at radius 1 is 1.21 bits per heavy atom. The topological polar surface area (TPSA) is 43.4 Å². The largest absolute Gasteiger partial charge is 0.379 e. The van der Waals surface area contributed by atoms with Crippen molar-refractivity contribution in [2.45, 2.75) is 53.4 Å². The van der Waals surface area contributed by atoms with Gasteiger partial charge in [-0.2, -0.15) is 0 Å². The molecule has 1 aliphatic carbocycles. The smallest absolute Gasteiger partial charge is 0.149 e. The van der Waals surface area contributed by atoms with Crippen molar-refractivity contribution < 1.29 is 14.3 Å². The summed E-state index contributed by atoms with van der Waals surface area (Å²) < 4.78 is 5.78. The lowest BCUT2D eigenvalue weighted by molar-refractivity contribution is -0.167. The number of rotatable bonds is 2. The van der Waals surface area contributed by atoms with E-state index >= 15 is 0 Å². The summed E-state index contributed by atoms with van der Waals surface area (Å²) in [6, 6.07) is 0. The number of hydrogen-bond donors (Lipinski definition) is 0. The Labute approximate surface area is 116 Å². The maximum absolute atomic E-state index is 13.0. The molecule has 0 N–H and O–H groups in total. The molecule has 1 aliphatic heterocycles. The Bertz CT molecular complexity index is 389. The van der Waals surface area contributed by atoms with E-state index in [1.54, 1.807) is 0 Å². The van der Waals surface area contributed by atoms with E-state index in [-0.39, 0.29) is 11.8 Å². The van der Waals surface area contributed by atoms with Gasteiger partial charge in [-0.1, -0.05) is 27.7 Å². The minimum Gasteiger partial charge on any atom is -0.379 e. The molecule has 1 saturated carbocycles. The summed E-state index contributed by atoms with van der Waals surface area (Å²) in [5.74, 6) is 0.674. The molecule has 19 heavy (non-hydrogen) atoms. The zero-order valence-electron chi connectivity index (χ0n) is 12.6. The van der Waals surface area contributed by atoms with Gasteiger partial charge >= 0.3 is 0 Å². The van der Waals surface area contributed by atoms with Crippen LogP contribution in [0.2, 0.25) is 0 Å². The van der Waals surface area contributed by atoms with Crippen molar-refractivity contribution in [3.05, 3.63) is 0 Å². The molecule has 4 unspecified atom stereocenters. The second-order valence-corrected chi connectivity index (χ2v) is 6.83. The predicted octanol–water partition coefficient (Wildman–Crippen LogP) is 3.01. The Kier molecular flexibility index (Phi) is 3.87. The SMILES string of the molecule is CCC1CC2(C)COCC(CC)(CC(C)C1=O)C2=O. The second-order valence-electron chi connectivity index (χ2n) is 6.83. The normalized spacial score (nSPS) is 43.8. The maximum Gasteiger partial charge on any atom is 0.149 e. The highest BCUT2D eigenvalue weighted by atomic mass is 16.5. The average Bonchev–Trinajstić information content (AvgIpc) is 2.40. The summed E-state index contributed by atoms with van der Waals surface area (Å²) in [4.78, 5) is 25.5. The fourth-order valence-corrected chi connectivity index (χ4v) is 4.03. The third-order valence-electron chi connectivity index (χ3n) is 5.28. The van der Waals surface area contributed by atoms with E-state index in [0.29, 0.717) is 37.6 Å². The third-order valence-corrected chi connectivity index (χ3v) is 5.28. The van der Waals surface area contributed by atoms with E-state index in [9.17, 15) is 9.59 Å². The zero-order valence-corrected chi connectivity index (χ0v) is 12.6. The molecule has 0 amide bonds. The van der Waals surface area contributed by atoms with Crippen LogP contribution in [0, 0.1) is 22.7 Å². The Hall–Kier alpha value is -0.700. The number of carbonyl (C=O) groups excluding carboxylic acids is 2. The highest BCUT2D eigenvalue weighted by Gasteiger charge is 2.54. The molecule has 2 rings (SSSR count). The summed E-state index contributed by atoms with van der Waals surface area (Å²) in [6.45, 7) is 9.03. The van der Waals surface area contributed by atoms with Crippen LogP contribution in [0.1, 0.15) is 53.4 Å². The molecule has 0 aromatic carbocycles. The molecule has 3 nitrogen and oxygen atoms in total. The molecule has 0 aromatic heterocycles. The highest BCUT2D eigenvalue weighted by molar-refractivity contribution is 5.94. The van der Waals surface area contributed by atoms with E-state index in [0.717, 1.165) is 12.8 Å². The van der Waals surface area contributed by atoms with Crippen molar-refractivity contribution in [1.29, 1.82) is 0 Å². The van der Waals surface area contributed by atoms with Crippen molar-refractivity contribution in [2.75, 3.05) is 13.2 Å². The number of ketones is 2. The van der Waals surface area contributed by atoms with Crippen LogP contribution in [0.25, 0.3) is 0 Å². The molecule has 1 heterocycles. The van der Waals surface area contributed by atoms with Gasteiger partial charge in [-0.05, 0) is 25.7 Å². The molecule has 3 heteroatoms. The number of fused-ring (bicyclic) bond motifs is 2. The maximum atomic E-state index is 13.0. The number of hydrogen-bond acceptors (Lipinski definition) is 3. The van der Waals surface area contributed by atoms with Crippen LogP contribution >= 0.6 is 0 Å². The molecule has 4 atom stereocenters. The van der Waals surface area contributed by atoms with Crippen LogP contribution in [-0.4, -0.2) is 24.8 Å². The summed E-state index contributed by atoms with van der Waals surface area (Å²) in [5.41, 5.74) is -0.897. The van der Waals surface area contributed by atoms with Crippen LogP contribution in [0.3, 0.4) is 0 Å². The molecule has 0 spiro atoms. The quantitative estimate of drug-likeness (QED) is 0.771. The van der Waals surface area contributed by atoms with Gasteiger partial charge in [0.25, 0.3) is 0 Å². The van der Waals surface area contributed by atoms with Crippen molar-refractivity contribution in [2.24, 2.45) is 22.7 Å². The minimum atomic E-state index is -0.468. The monoisotopic (exact) mass is 266 g/mol. The first kappa shape index (κ1) is 14.7. The van der Waals surface area contributed by atoms with Gasteiger partial charge < -0.3 is 4.74 Å². The predicted molar refractivity (Wildman–Crippen MR) is 73.8 cm³/mol. The third kappa shape index (κ3) is 2.26. The van der Waals surface area contributed by atoms with E-state index in [4.69, 9.17) is 4.74 Å². The van der Waals surface area contributed by atoms with E-state index in [2.05, 4.69) is 0 Å². The van der Waals surface area contributed by atoms with Gasteiger partial charge in [0.1, 0.15) is 11.6 Å². The zero-order chi connectivity index (χ0) is 14.3. The highest BCUT2D eigenvalue weighted by Crippen LogP contribution is 2.48. The first-order valence-corrected chi connectivity index (χ1v) is 7.55. The first-order chi connectivity index (χ1) is 8.88. The molecule has 0 radical (unpaired) electrons. The Morgan fingerprint density at radius 2 is 1.89 bits per heavy atom. The van der Waals surface area contributed by atoms with Crippen molar-refractivity contribution >= 4 is 11.6 Å². The Balaban J connectivity index is 2.42. The number of carbonyl (C=O) groups is 2. The first-order valence-electron chi connectivity index (χ1n) is 7.55. The van der Waals surface area contributed by atoms with E-state index < -0.39 is 10.8 Å². The van der Waals surface area contributed by atoms with Gasteiger partial charge in [-0.3, -0.25) is 9.59 Å². The lowest BCUT2D eigenvalue weighted by atomic mass is 9.58. The van der Waals surface area contributed by atoms with E-state index in [1.165, 1.54) is 0 Å². The molecule has 108 valence electrons. The minimum absolute atomic E-state index is 0.0144. The molecule has 0 aromatic rings. The number of ether oxygens (including phenoxy) is 1. The number of Topliss-reactive ketones (excluding diaryl/α,β-unsaturated/α-hetero) is 2. The van der Waals surface area contributed by atoms with Gasteiger partial charge in [0.15, 0.2) is 0 Å². The van der Waals surface area contributed by atoms with Crippen LogP contribution in [0.5, 0.6) is 0 Å². The summed E-state index contributed by atoms with van der Waals surface area (Å²) in [5, 5.41) is 0. The van der Waals surface area contributed by atoms with Gasteiger partial charge in [0.05, 0.1) is 24.0 Å². The van der Waals surface area contributed by atoms with Gasteiger partial charge in [-0.25, -0.2) is 0 Å². The molecular formula is C16H26O3. The fraction of sp³-hybridized carbons (Fsp3) is 0.875.